The average molecular weight is 245 g/mol. The molecule has 18 heavy (non-hydrogen) atoms. The Morgan fingerprint density at radius 2 is 1.44 bits per heavy atom. The van der Waals surface area contributed by atoms with Crippen LogP contribution < -0.4 is 4.74 Å². The van der Waals surface area contributed by atoms with Gasteiger partial charge in [-0.05, 0) is 48.5 Å². The standard InChI is InChI=1S/C14H12FNO2/c1-17-14(16)10-2-6-12(7-3-10)18-13-8-4-11(15)5-9-13/h2-9,16H,1H3. The number of methoxy groups -OCH3 is 1. The summed E-state index contributed by atoms with van der Waals surface area (Å²) in [6, 6.07) is 12.7. The SMILES string of the molecule is COC(=N)c1ccc(Oc2ccc(F)cc2)cc1. The molecule has 0 spiro atoms. The molecule has 0 bridgehead atoms. The maximum Gasteiger partial charge on any atom is 0.212 e. The summed E-state index contributed by atoms with van der Waals surface area (Å²) in [7, 11) is 1.45. The first-order chi connectivity index (χ1) is 8.69. The van der Waals surface area contributed by atoms with Crippen molar-refractivity contribution in [1.82, 2.24) is 0 Å². The Morgan fingerprint density at radius 1 is 0.944 bits per heavy atom. The molecular formula is C14H12FNO2. The van der Waals surface area contributed by atoms with E-state index in [0.717, 1.165) is 0 Å². The van der Waals surface area contributed by atoms with Crippen LogP contribution in [0.25, 0.3) is 0 Å². The van der Waals surface area contributed by atoms with Crippen molar-refractivity contribution in [1.29, 1.82) is 5.41 Å². The zero-order chi connectivity index (χ0) is 13.0. The van der Waals surface area contributed by atoms with Gasteiger partial charge < -0.3 is 9.47 Å². The lowest BCUT2D eigenvalue weighted by Crippen LogP contribution is -2.00. The highest BCUT2D eigenvalue weighted by molar-refractivity contribution is 5.91. The predicted molar refractivity (Wildman–Crippen MR) is 66.8 cm³/mol. The number of ether oxygens (including phenoxy) is 2. The molecule has 1 N–H and O–H groups in total. The molecule has 0 aromatic heterocycles. The van der Waals surface area contributed by atoms with Gasteiger partial charge in [0.1, 0.15) is 17.3 Å². The van der Waals surface area contributed by atoms with Crippen LogP contribution in [0.5, 0.6) is 11.5 Å². The monoisotopic (exact) mass is 245 g/mol. The van der Waals surface area contributed by atoms with Crippen molar-refractivity contribution in [3.05, 3.63) is 59.9 Å². The third-order valence-electron chi connectivity index (χ3n) is 2.37. The first-order valence-electron chi connectivity index (χ1n) is 5.35. The van der Waals surface area contributed by atoms with Crippen molar-refractivity contribution in [3.63, 3.8) is 0 Å². The number of rotatable bonds is 3. The molecule has 2 aromatic carbocycles. The second-order valence-corrected chi connectivity index (χ2v) is 3.61. The highest BCUT2D eigenvalue weighted by atomic mass is 19.1. The summed E-state index contributed by atoms with van der Waals surface area (Å²) in [5.41, 5.74) is 0.670. The van der Waals surface area contributed by atoms with Crippen molar-refractivity contribution in [2.75, 3.05) is 7.11 Å². The van der Waals surface area contributed by atoms with Gasteiger partial charge in [0.25, 0.3) is 0 Å². The van der Waals surface area contributed by atoms with Crippen LogP contribution in [0.3, 0.4) is 0 Å². The Hall–Kier alpha value is -2.36. The van der Waals surface area contributed by atoms with E-state index in [4.69, 9.17) is 14.9 Å². The summed E-state index contributed by atoms with van der Waals surface area (Å²) in [4.78, 5) is 0. The van der Waals surface area contributed by atoms with Gasteiger partial charge in [0.2, 0.25) is 5.90 Å². The summed E-state index contributed by atoms with van der Waals surface area (Å²) < 4.78 is 23.0. The minimum atomic E-state index is -0.300. The number of benzene rings is 2. The molecule has 0 radical (unpaired) electrons. The van der Waals surface area contributed by atoms with Gasteiger partial charge in [0.05, 0.1) is 7.11 Å². The molecule has 0 fully saturated rings. The van der Waals surface area contributed by atoms with E-state index in [2.05, 4.69) is 0 Å². The molecule has 3 nitrogen and oxygen atoms in total. The second-order valence-electron chi connectivity index (χ2n) is 3.61. The molecule has 0 unspecified atom stereocenters. The fourth-order valence-electron chi connectivity index (χ4n) is 1.43. The summed E-state index contributed by atoms with van der Waals surface area (Å²) in [5.74, 6) is 0.981. The van der Waals surface area contributed by atoms with Gasteiger partial charge in [-0.15, -0.1) is 0 Å². The first kappa shape index (κ1) is 12.1. The molecule has 4 heteroatoms. The van der Waals surface area contributed by atoms with Crippen LogP contribution in [-0.4, -0.2) is 13.0 Å². The van der Waals surface area contributed by atoms with Crippen LogP contribution in [0.1, 0.15) is 5.56 Å². The lowest BCUT2D eigenvalue weighted by atomic mass is 10.2. The lowest BCUT2D eigenvalue weighted by Gasteiger charge is -2.07. The number of hydrogen-bond acceptors (Lipinski definition) is 3. The Kier molecular flexibility index (Phi) is 3.57. The third-order valence-corrected chi connectivity index (χ3v) is 2.37. The Labute approximate surface area is 104 Å². The molecule has 92 valence electrons. The minimum Gasteiger partial charge on any atom is -0.481 e. The van der Waals surface area contributed by atoms with Crippen molar-refractivity contribution >= 4 is 5.90 Å². The molecule has 0 saturated heterocycles. The normalized spacial score (nSPS) is 9.89. The van der Waals surface area contributed by atoms with E-state index >= 15 is 0 Å². The van der Waals surface area contributed by atoms with E-state index in [-0.39, 0.29) is 11.7 Å². The van der Waals surface area contributed by atoms with E-state index in [1.165, 1.54) is 19.2 Å². The molecule has 0 aliphatic rings. The van der Waals surface area contributed by atoms with Gasteiger partial charge in [-0.2, -0.15) is 0 Å². The molecule has 0 saturated carbocycles. The molecule has 2 aromatic rings. The van der Waals surface area contributed by atoms with Crippen LogP contribution in [0, 0.1) is 11.2 Å². The Morgan fingerprint density at radius 3 is 1.94 bits per heavy atom. The summed E-state index contributed by atoms with van der Waals surface area (Å²) >= 11 is 0. The second kappa shape index (κ2) is 5.31. The fraction of sp³-hybridized carbons (Fsp3) is 0.0714. The average Bonchev–Trinajstić information content (AvgIpc) is 2.41. The highest BCUT2D eigenvalue weighted by Crippen LogP contribution is 2.21. The highest BCUT2D eigenvalue weighted by Gasteiger charge is 2.02. The van der Waals surface area contributed by atoms with Crippen LogP contribution in [-0.2, 0) is 4.74 Å². The molecule has 0 heterocycles. The van der Waals surface area contributed by atoms with E-state index < -0.39 is 0 Å². The lowest BCUT2D eigenvalue weighted by molar-refractivity contribution is 0.401. The zero-order valence-corrected chi connectivity index (χ0v) is 9.81. The van der Waals surface area contributed by atoms with Gasteiger partial charge in [0.15, 0.2) is 0 Å². The molecular weight excluding hydrogens is 233 g/mol. The summed E-state index contributed by atoms with van der Waals surface area (Å²) in [6.45, 7) is 0. The first-order valence-corrected chi connectivity index (χ1v) is 5.35. The predicted octanol–water partition coefficient (Wildman–Crippen LogP) is 3.59. The molecule has 0 aliphatic carbocycles. The third kappa shape index (κ3) is 2.85. The smallest absolute Gasteiger partial charge is 0.212 e. The molecule has 0 aliphatic heterocycles. The summed E-state index contributed by atoms with van der Waals surface area (Å²) in [6.07, 6.45) is 0. The van der Waals surface area contributed by atoms with Crippen molar-refractivity contribution in [3.8, 4) is 11.5 Å². The van der Waals surface area contributed by atoms with E-state index in [9.17, 15) is 4.39 Å². The van der Waals surface area contributed by atoms with E-state index in [1.807, 2.05) is 0 Å². The molecule has 0 atom stereocenters. The van der Waals surface area contributed by atoms with Crippen molar-refractivity contribution in [2.45, 2.75) is 0 Å². The van der Waals surface area contributed by atoms with Gasteiger partial charge >= 0.3 is 0 Å². The van der Waals surface area contributed by atoms with Gasteiger partial charge in [0, 0.05) is 5.56 Å². The Balaban J connectivity index is 2.10. The zero-order valence-electron chi connectivity index (χ0n) is 9.81. The minimum absolute atomic E-state index is 0.100. The van der Waals surface area contributed by atoms with E-state index in [0.29, 0.717) is 17.1 Å². The largest absolute Gasteiger partial charge is 0.481 e. The fourth-order valence-corrected chi connectivity index (χ4v) is 1.43. The van der Waals surface area contributed by atoms with Crippen LogP contribution in [0.4, 0.5) is 4.39 Å². The molecule has 2 rings (SSSR count). The number of hydrogen-bond donors (Lipinski definition) is 1. The quantitative estimate of drug-likeness (QED) is 0.663. The van der Waals surface area contributed by atoms with Gasteiger partial charge in [-0.1, -0.05) is 0 Å². The van der Waals surface area contributed by atoms with Gasteiger partial charge in [-0.3, -0.25) is 5.41 Å². The van der Waals surface area contributed by atoms with Crippen molar-refractivity contribution < 1.29 is 13.9 Å². The van der Waals surface area contributed by atoms with Crippen molar-refractivity contribution in [2.24, 2.45) is 0 Å². The Bertz CT molecular complexity index is 535. The van der Waals surface area contributed by atoms with Crippen LogP contribution in [0.15, 0.2) is 48.5 Å². The van der Waals surface area contributed by atoms with Crippen LogP contribution >= 0.6 is 0 Å². The number of nitrogens with one attached hydrogen (secondary N) is 1. The molecule has 0 amide bonds. The summed E-state index contributed by atoms with van der Waals surface area (Å²) in [5, 5.41) is 7.49. The van der Waals surface area contributed by atoms with E-state index in [1.54, 1.807) is 36.4 Å². The van der Waals surface area contributed by atoms with Gasteiger partial charge in [-0.25, -0.2) is 4.39 Å². The number of halogens is 1. The maximum absolute atomic E-state index is 12.7. The maximum atomic E-state index is 12.7. The topological polar surface area (TPSA) is 42.3 Å². The van der Waals surface area contributed by atoms with Crippen LogP contribution in [0.2, 0.25) is 0 Å².